The molecular formula is C21H24ClN3O3S. The number of hydrogen-bond acceptors (Lipinski definition) is 6. The second-order valence-corrected chi connectivity index (χ2v) is 8.10. The van der Waals surface area contributed by atoms with Gasteiger partial charge in [0.2, 0.25) is 0 Å². The lowest BCUT2D eigenvalue weighted by atomic mass is 10.1. The van der Waals surface area contributed by atoms with Crippen LogP contribution in [0, 0.1) is 0 Å². The van der Waals surface area contributed by atoms with E-state index in [1.54, 1.807) is 42.6 Å². The molecule has 6 nitrogen and oxygen atoms in total. The number of ether oxygens (including phenoxy) is 1. The maximum Gasteiger partial charge on any atom is 0.252 e. The van der Waals surface area contributed by atoms with Crippen molar-refractivity contribution < 1.29 is 14.3 Å². The van der Waals surface area contributed by atoms with E-state index in [0.717, 1.165) is 39.3 Å². The van der Waals surface area contributed by atoms with Gasteiger partial charge in [-0.15, -0.1) is 0 Å². The van der Waals surface area contributed by atoms with Gasteiger partial charge in [-0.2, -0.15) is 0 Å². The first kappa shape index (κ1) is 21.8. The molecule has 0 radical (unpaired) electrons. The first-order chi connectivity index (χ1) is 14.1. The molecule has 0 atom stereocenters. The molecule has 0 bridgehead atoms. The number of benzene rings is 1. The van der Waals surface area contributed by atoms with Crippen LogP contribution in [0.2, 0.25) is 5.02 Å². The topological polar surface area (TPSA) is 71.5 Å². The monoisotopic (exact) mass is 433 g/mol. The summed E-state index contributed by atoms with van der Waals surface area (Å²) in [6, 6.07) is 10.3. The third kappa shape index (κ3) is 7.12. The number of rotatable bonds is 9. The predicted octanol–water partition coefficient (Wildman–Crippen LogP) is 3.16. The number of ketones is 1. The van der Waals surface area contributed by atoms with Crippen LogP contribution in [-0.2, 0) is 4.74 Å². The highest BCUT2D eigenvalue weighted by molar-refractivity contribution is 7.99. The van der Waals surface area contributed by atoms with Gasteiger partial charge >= 0.3 is 0 Å². The fourth-order valence-electron chi connectivity index (χ4n) is 2.89. The van der Waals surface area contributed by atoms with Crippen molar-refractivity contribution in [3.8, 4) is 0 Å². The van der Waals surface area contributed by atoms with E-state index in [2.05, 4.69) is 15.2 Å². The predicted molar refractivity (Wildman–Crippen MR) is 115 cm³/mol. The number of carbonyl (C=O) groups excluding carboxylic acids is 2. The molecule has 1 aromatic heterocycles. The third-order valence-corrected chi connectivity index (χ3v) is 5.75. The summed E-state index contributed by atoms with van der Waals surface area (Å²) >= 11 is 7.18. The number of hydrogen-bond donors (Lipinski definition) is 1. The summed E-state index contributed by atoms with van der Waals surface area (Å²) in [7, 11) is 0. The fraction of sp³-hybridized carbons (Fsp3) is 0.381. The molecule has 3 rings (SSSR count). The number of nitrogens with zero attached hydrogens (tertiary/aromatic N) is 2. The molecule has 0 unspecified atom stereocenters. The van der Waals surface area contributed by atoms with Gasteiger partial charge in [-0.1, -0.05) is 23.4 Å². The number of aromatic nitrogens is 1. The minimum Gasteiger partial charge on any atom is -0.379 e. The van der Waals surface area contributed by atoms with E-state index in [4.69, 9.17) is 16.3 Å². The highest BCUT2D eigenvalue weighted by Gasteiger charge is 2.11. The van der Waals surface area contributed by atoms with Gasteiger partial charge in [-0.05, 0) is 49.4 Å². The van der Waals surface area contributed by atoms with Crippen LogP contribution in [0.1, 0.15) is 27.1 Å². The van der Waals surface area contributed by atoms with Crippen molar-refractivity contribution in [1.82, 2.24) is 15.2 Å². The zero-order valence-corrected chi connectivity index (χ0v) is 17.7. The van der Waals surface area contributed by atoms with Crippen LogP contribution in [0.5, 0.6) is 0 Å². The zero-order valence-electron chi connectivity index (χ0n) is 16.1. The van der Waals surface area contributed by atoms with Crippen molar-refractivity contribution in [2.24, 2.45) is 0 Å². The SMILES string of the molecule is O=C(CSc1ccc(C(=O)NCCCN2CCOCC2)cn1)c1ccc(Cl)cc1. The molecule has 0 spiro atoms. The number of amides is 1. The molecule has 154 valence electrons. The average Bonchev–Trinajstić information content (AvgIpc) is 2.76. The van der Waals surface area contributed by atoms with Gasteiger partial charge in [0.1, 0.15) is 0 Å². The van der Waals surface area contributed by atoms with Crippen LogP contribution in [0.4, 0.5) is 0 Å². The van der Waals surface area contributed by atoms with Gasteiger partial charge in [0, 0.05) is 36.4 Å². The normalized spacial score (nSPS) is 14.5. The van der Waals surface area contributed by atoms with Gasteiger partial charge in [0.05, 0.1) is 29.6 Å². The number of morpholine rings is 1. The van der Waals surface area contributed by atoms with Crippen LogP contribution < -0.4 is 5.32 Å². The Kier molecular flexibility index (Phi) is 8.49. The van der Waals surface area contributed by atoms with E-state index in [1.807, 2.05) is 0 Å². The lowest BCUT2D eigenvalue weighted by Gasteiger charge is -2.26. The fourth-order valence-corrected chi connectivity index (χ4v) is 3.75. The molecule has 1 N–H and O–H groups in total. The number of carbonyl (C=O) groups is 2. The van der Waals surface area contributed by atoms with Gasteiger partial charge in [0.25, 0.3) is 5.91 Å². The number of halogens is 1. The van der Waals surface area contributed by atoms with Crippen molar-refractivity contribution >= 4 is 35.1 Å². The smallest absolute Gasteiger partial charge is 0.252 e. The van der Waals surface area contributed by atoms with Crippen molar-refractivity contribution in [3.05, 3.63) is 58.7 Å². The summed E-state index contributed by atoms with van der Waals surface area (Å²) in [4.78, 5) is 31.1. The molecule has 1 aliphatic heterocycles. The van der Waals surface area contributed by atoms with E-state index in [9.17, 15) is 9.59 Å². The van der Waals surface area contributed by atoms with Crippen molar-refractivity contribution in [2.75, 3.05) is 45.1 Å². The van der Waals surface area contributed by atoms with E-state index in [0.29, 0.717) is 27.7 Å². The molecule has 1 fully saturated rings. The minimum absolute atomic E-state index is 0.00977. The second kappa shape index (κ2) is 11.3. The zero-order chi connectivity index (χ0) is 20.5. The molecule has 1 aliphatic rings. The van der Waals surface area contributed by atoms with Crippen molar-refractivity contribution in [1.29, 1.82) is 0 Å². The molecule has 8 heteroatoms. The molecular weight excluding hydrogens is 410 g/mol. The van der Waals surface area contributed by atoms with E-state index < -0.39 is 0 Å². The summed E-state index contributed by atoms with van der Waals surface area (Å²) < 4.78 is 5.33. The molecule has 2 aromatic rings. The molecule has 1 amide bonds. The Bertz CT molecular complexity index is 809. The van der Waals surface area contributed by atoms with Gasteiger partial charge < -0.3 is 10.1 Å². The summed E-state index contributed by atoms with van der Waals surface area (Å²) in [5, 5.41) is 4.23. The van der Waals surface area contributed by atoms with Crippen molar-refractivity contribution in [2.45, 2.75) is 11.4 Å². The minimum atomic E-state index is -0.131. The van der Waals surface area contributed by atoms with E-state index in [-0.39, 0.29) is 17.4 Å². The van der Waals surface area contributed by atoms with E-state index in [1.165, 1.54) is 11.8 Å². The maximum atomic E-state index is 12.2. The molecule has 0 saturated carbocycles. The largest absolute Gasteiger partial charge is 0.379 e. The Labute approximate surface area is 180 Å². The first-order valence-electron chi connectivity index (χ1n) is 9.58. The van der Waals surface area contributed by atoms with Crippen LogP contribution in [0.25, 0.3) is 0 Å². The van der Waals surface area contributed by atoms with Crippen LogP contribution in [0.3, 0.4) is 0 Å². The Morgan fingerprint density at radius 1 is 1.10 bits per heavy atom. The Hall–Kier alpha value is -1.93. The van der Waals surface area contributed by atoms with Crippen LogP contribution in [-0.4, -0.2) is 66.7 Å². The number of thioether (sulfide) groups is 1. The highest BCUT2D eigenvalue weighted by atomic mass is 35.5. The Morgan fingerprint density at radius 3 is 2.52 bits per heavy atom. The second-order valence-electron chi connectivity index (χ2n) is 6.67. The summed E-state index contributed by atoms with van der Waals surface area (Å²) in [6.07, 6.45) is 2.45. The number of Topliss-reactive ketones (excluding diaryl/α,β-unsaturated/α-hetero) is 1. The maximum absolute atomic E-state index is 12.2. The van der Waals surface area contributed by atoms with Gasteiger partial charge in [0.15, 0.2) is 5.78 Å². The highest BCUT2D eigenvalue weighted by Crippen LogP contribution is 2.18. The summed E-state index contributed by atoms with van der Waals surface area (Å²) in [6.45, 7) is 5.07. The van der Waals surface area contributed by atoms with E-state index >= 15 is 0 Å². The number of pyridine rings is 1. The molecule has 2 heterocycles. The summed E-state index contributed by atoms with van der Waals surface area (Å²) in [5.41, 5.74) is 1.14. The summed E-state index contributed by atoms with van der Waals surface area (Å²) in [5.74, 6) is 0.158. The third-order valence-electron chi connectivity index (χ3n) is 4.56. The first-order valence-corrected chi connectivity index (χ1v) is 10.9. The van der Waals surface area contributed by atoms with Crippen molar-refractivity contribution in [3.63, 3.8) is 0 Å². The molecule has 29 heavy (non-hydrogen) atoms. The average molecular weight is 434 g/mol. The number of nitrogens with one attached hydrogen (secondary N) is 1. The quantitative estimate of drug-likeness (QED) is 0.372. The lowest BCUT2D eigenvalue weighted by Crippen LogP contribution is -2.38. The van der Waals surface area contributed by atoms with Gasteiger partial charge in [-0.25, -0.2) is 4.98 Å². The Balaban J connectivity index is 1.38. The molecule has 1 saturated heterocycles. The Morgan fingerprint density at radius 2 is 1.83 bits per heavy atom. The van der Waals surface area contributed by atoms with Gasteiger partial charge in [-0.3, -0.25) is 14.5 Å². The molecule has 0 aliphatic carbocycles. The van der Waals surface area contributed by atoms with Crippen LogP contribution in [0.15, 0.2) is 47.6 Å². The molecule has 1 aromatic carbocycles. The van der Waals surface area contributed by atoms with Crippen LogP contribution >= 0.6 is 23.4 Å². The standard InChI is InChI=1S/C21H24ClN3O3S/c22-18-5-2-16(3-6-18)19(26)15-29-20-7-4-17(14-24-20)21(27)23-8-1-9-25-10-12-28-13-11-25/h2-7,14H,1,8-13,15H2,(H,23,27). The lowest BCUT2D eigenvalue weighted by molar-refractivity contribution is 0.0374.